The second-order valence-electron chi connectivity index (χ2n) is 13.0. The maximum Gasteiger partial charge on any atom is 0.341 e. The highest BCUT2D eigenvalue weighted by molar-refractivity contribution is 8.76. The lowest BCUT2D eigenvalue weighted by molar-refractivity contribution is -0.169. The van der Waals surface area contributed by atoms with Crippen molar-refractivity contribution in [3.8, 4) is 22.8 Å². The minimum atomic E-state index is -1.24. The number of phenols is 1. The molecule has 3 aliphatic heterocycles. The number of nitrogens with zero attached hydrogens (tertiary/aromatic N) is 2. The number of carbonyl (C=O) groups excluding carboxylic acids is 1. The number of anilines is 2. The normalized spacial score (nSPS) is 25.4. The zero-order valence-electron chi connectivity index (χ0n) is 27.2. The van der Waals surface area contributed by atoms with Crippen LogP contribution in [0.1, 0.15) is 55.1 Å². The van der Waals surface area contributed by atoms with Crippen molar-refractivity contribution in [3.05, 3.63) is 69.2 Å². The third-order valence-electron chi connectivity index (χ3n) is 9.64. The van der Waals surface area contributed by atoms with Gasteiger partial charge in [-0.1, -0.05) is 21.6 Å². The predicted octanol–water partition coefficient (Wildman–Crippen LogP) is 4.86. The van der Waals surface area contributed by atoms with Crippen molar-refractivity contribution in [2.24, 2.45) is 0 Å². The summed E-state index contributed by atoms with van der Waals surface area (Å²) < 4.78 is 24.8. The summed E-state index contributed by atoms with van der Waals surface area (Å²) in [5.74, 6) is 1.95. The zero-order chi connectivity index (χ0) is 34.5. The van der Waals surface area contributed by atoms with Crippen molar-refractivity contribution in [3.63, 3.8) is 0 Å². The van der Waals surface area contributed by atoms with Crippen LogP contribution < -0.4 is 21.6 Å². The first kappa shape index (κ1) is 33.5. The first-order chi connectivity index (χ1) is 23.5. The number of aliphatic hydroxyl groups is 1. The Bertz CT molecular complexity index is 2010. The number of carbonyl (C=O) groups is 1. The van der Waals surface area contributed by atoms with Crippen molar-refractivity contribution in [1.82, 2.24) is 9.97 Å². The molecular formula is C35H38N4O8S2. The number of nitrogens with two attached hydrogens (primary N) is 2. The average Bonchev–Trinajstić information content (AvgIpc) is 3.77. The van der Waals surface area contributed by atoms with Gasteiger partial charge in [-0.05, 0) is 63.3 Å². The van der Waals surface area contributed by atoms with E-state index >= 15 is 0 Å². The molecule has 49 heavy (non-hydrogen) atoms. The van der Waals surface area contributed by atoms with Crippen molar-refractivity contribution in [2.75, 3.05) is 23.8 Å². The Kier molecular flexibility index (Phi) is 8.92. The number of epoxide rings is 1. The van der Waals surface area contributed by atoms with Crippen LogP contribution in [0.25, 0.3) is 22.2 Å². The second kappa shape index (κ2) is 13.0. The van der Waals surface area contributed by atoms with Crippen molar-refractivity contribution in [2.45, 2.75) is 81.5 Å². The van der Waals surface area contributed by atoms with Crippen molar-refractivity contribution >= 4 is 50.2 Å². The fraction of sp³-hybridized carbons (Fsp3) is 0.429. The van der Waals surface area contributed by atoms with Crippen LogP contribution in [0, 0.1) is 6.92 Å². The highest BCUT2D eigenvalue weighted by Gasteiger charge is 2.63. The molecule has 1 saturated heterocycles. The molecule has 1 fully saturated rings. The molecule has 12 nitrogen and oxygen atoms in total. The first-order valence-electron chi connectivity index (χ1n) is 16.2. The number of esters is 1. The largest absolute Gasteiger partial charge is 0.507 e. The van der Waals surface area contributed by atoms with Gasteiger partial charge in [0.25, 0.3) is 0 Å². The summed E-state index contributed by atoms with van der Waals surface area (Å²) in [5, 5.41) is 21.1. The summed E-state index contributed by atoms with van der Waals surface area (Å²) in [6, 6.07) is 8.63. The molecule has 7 rings (SSSR count). The molecule has 4 aromatic rings. The standard InChI is InChI=1S/C35H38N4O8S2/c1-18-12-24(41)30-26(44-18)16-25-21(31(30)42)15-28-34(2,46-25)8-11-48-49-17-22-20(6-9-38-32(22)37)23-13-19(14-29(36)39-23)4-5-27-35(47-27,7-3-10-40)33(43)45-28/h6,9,12-14,16,27-28,40,42H,3-5,7-8,10-11,15,17H2,1-2H3,(H2,36,39)(H2,37,38)/t27-,28-,34-,35+/m0/s1. The molecule has 0 amide bonds. The lowest BCUT2D eigenvalue weighted by Crippen LogP contribution is -2.53. The molecule has 258 valence electrons. The summed E-state index contributed by atoms with van der Waals surface area (Å²) in [5.41, 5.74) is 13.9. The van der Waals surface area contributed by atoms with Gasteiger partial charge in [-0.2, -0.15) is 0 Å². The fourth-order valence-electron chi connectivity index (χ4n) is 6.90. The highest BCUT2D eigenvalue weighted by atomic mass is 33.1. The number of pyridine rings is 2. The summed E-state index contributed by atoms with van der Waals surface area (Å²) in [4.78, 5) is 35.9. The van der Waals surface area contributed by atoms with E-state index < -0.39 is 29.4 Å². The van der Waals surface area contributed by atoms with Gasteiger partial charge < -0.3 is 40.3 Å². The van der Waals surface area contributed by atoms with Gasteiger partial charge in [-0.3, -0.25) is 4.79 Å². The quantitative estimate of drug-likeness (QED) is 0.128. The number of benzene rings is 1. The third-order valence-corrected chi connectivity index (χ3v) is 11.9. The van der Waals surface area contributed by atoms with Crippen LogP contribution in [0.5, 0.6) is 11.5 Å². The third kappa shape index (κ3) is 6.31. The maximum atomic E-state index is 14.1. The van der Waals surface area contributed by atoms with E-state index in [1.54, 1.807) is 40.8 Å². The van der Waals surface area contributed by atoms with E-state index in [2.05, 4.69) is 9.97 Å². The number of phenolic OH excluding ortho intramolecular Hbond substituents is 1. The minimum absolute atomic E-state index is 0.0500. The van der Waals surface area contributed by atoms with Gasteiger partial charge in [0, 0.05) is 66.0 Å². The number of rotatable bonds is 3. The minimum Gasteiger partial charge on any atom is -0.507 e. The predicted molar refractivity (Wildman–Crippen MR) is 188 cm³/mol. The lowest BCUT2D eigenvalue weighted by atomic mass is 9.86. The lowest BCUT2D eigenvalue weighted by Gasteiger charge is -2.42. The number of aliphatic hydroxyl groups excluding tert-OH is 1. The SMILES string of the molecule is Cc1cc(=O)c2c(O)c3c(cc2o1)O[C@@]1(C)CCSSCc2c(ccnc2N)-c2cc(cc(N)n2)CC[C@@H]2O[C@@]2(CCCO)C(=O)O[C@H]1C3. The molecule has 2 bridgehead atoms. The molecule has 0 spiro atoms. The molecule has 0 unspecified atom stereocenters. The second-order valence-corrected chi connectivity index (χ2v) is 15.6. The smallest absolute Gasteiger partial charge is 0.341 e. The summed E-state index contributed by atoms with van der Waals surface area (Å²) in [7, 11) is 3.23. The van der Waals surface area contributed by atoms with Crippen molar-refractivity contribution in [1.29, 1.82) is 0 Å². The highest BCUT2D eigenvalue weighted by Crippen LogP contribution is 2.48. The molecule has 6 heterocycles. The van der Waals surface area contributed by atoms with Crippen LogP contribution in [0.4, 0.5) is 11.6 Å². The summed E-state index contributed by atoms with van der Waals surface area (Å²) >= 11 is 0. The number of aromatic hydroxyl groups is 1. The molecule has 3 aromatic heterocycles. The molecule has 3 aliphatic rings. The Morgan fingerprint density at radius 3 is 2.76 bits per heavy atom. The summed E-state index contributed by atoms with van der Waals surface area (Å²) in [6.07, 6.45) is 2.66. The number of fused-ring (bicyclic) bond motifs is 8. The average molecular weight is 707 g/mol. The molecule has 14 heteroatoms. The topological polar surface area (TPSA) is 197 Å². The molecular weight excluding hydrogens is 669 g/mol. The van der Waals surface area contributed by atoms with Gasteiger partial charge in [0.15, 0.2) is 11.0 Å². The van der Waals surface area contributed by atoms with Gasteiger partial charge >= 0.3 is 5.97 Å². The number of aromatic nitrogens is 2. The monoisotopic (exact) mass is 706 g/mol. The number of nitrogen functional groups attached to an aromatic ring is 2. The number of hydrogen-bond acceptors (Lipinski definition) is 14. The fourth-order valence-corrected chi connectivity index (χ4v) is 9.22. The Morgan fingerprint density at radius 1 is 1.10 bits per heavy atom. The molecule has 6 N–H and O–H groups in total. The van der Waals surface area contributed by atoms with E-state index in [0.29, 0.717) is 71.6 Å². The van der Waals surface area contributed by atoms with E-state index in [9.17, 15) is 19.8 Å². The van der Waals surface area contributed by atoms with Crippen LogP contribution in [-0.2, 0) is 32.9 Å². The van der Waals surface area contributed by atoms with E-state index in [-0.39, 0.29) is 41.6 Å². The van der Waals surface area contributed by atoms with Gasteiger partial charge in [-0.25, -0.2) is 14.8 Å². The zero-order valence-corrected chi connectivity index (χ0v) is 28.8. The Morgan fingerprint density at radius 2 is 1.94 bits per heavy atom. The molecule has 1 aromatic carbocycles. The van der Waals surface area contributed by atoms with E-state index in [1.165, 1.54) is 6.07 Å². The van der Waals surface area contributed by atoms with Crippen LogP contribution in [-0.4, -0.2) is 61.9 Å². The van der Waals surface area contributed by atoms with Gasteiger partial charge in [0.2, 0.25) is 0 Å². The molecule has 0 radical (unpaired) electrons. The van der Waals surface area contributed by atoms with Gasteiger partial charge in [0.05, 0.1) is 11.8 Å². The van der Waals surface area contributed by atoms with Crippen LogP contribution in [0.3, 0.4) is 0 Å². The Balaban J connectivity index is 1.26. The molecule has 0 aliphatic carbocycles. The van der Waals surface area contributed by atoms with Gasteiger partial charge in [-0.15, -0.1) is 0 Å². The number of ether oxygens (including phenoxy) is 3. The van der Waals surface area contributed by atoms with Crippen LogP contribution in [0.15, 0.2) is 45.7 Å². The Hall–Kier alpha value is -3.98. The Labute approximate surface area is 290 Å². The van der Waals surface area contributed by atoms with Crippen LogP contribution in [0.2, 0.25) is 0 Å². The van der Waals surface area contributed by atoms with Crippen molar-refractivity contribution < 1.29 is 33.6 Å². The van der Waals surface area contributed by atoms with Crippen LogP contribution >= 0.6 is 21.6 Å². The molecule has 0 saturated carbocycles. The van der Waals surface area contributed by atoms with E-state index in [0.717, 1.165) is 16.7 Å². The maximum absolute atomic E-state index is 14.1. The van der Waals surface area contributed by atoms with E-state index in [4.69, 9.17) is 30.1 Å². The number of hydrogen-bond donors (Lipinski definition) is 4. The van der Waals surface area contributed by atoms with E-state index in [1.807, 2.05) is 25.1 Å². The van der Waals surface area contributed by atoms with Gasteiger partial charge in [0.1, 0.15) is 51.6 Å². The number of aryl methyl sites for hydroxylation is 2. The summed E-state index contributed by atoms with van der Waals surface area (Å²) in [6.45, 7) is 3.44. The molecule has 4 atom stereocenters. The first-order valence-corrected chi connectivity index (χ1v) is 18.7.